The lowest BCUT2D eigenvalue weighted by molar-refractivity contribution is -0.0250. The second-order valence-electron chi connectivity index (χ2n) is 6.54. The van der Waals surface area contributed by atoms with Crippen LogP contribution < -0.4 is 0 Å². The highest BCUT2D eigenvalue weighted by Gasteiger charge is 2.38. The molecule has 118 valence electrons. The Kier molecular flexibility index (Phi) is 4.34. The van der Waals surface area contributed by atoms with E-state index in [1.165, 1.54) is 23.1 Å². The summed E-state index contributed by atoms with van der Waals surface area (Å²) >= 11 is 2.28. The standard InChI is InChI=1S/C18H22INO2/c1-11-9-12(2)14(13(3)10-11)16-15(19)17(22-20-16)18(21)7-5-4-6-8-18/h9-10,21H,4-8H2,1-3H3. The number of aromatic nitrogens is 1. The molecule has 0 bridgehead atoms. The van der Waals surface area contributed by atoms with Crippen molar-refractivity contribution in [2.24, 2.45) is 0 Å². The van der Waals surface area contributed by atoms with Gasteiger partial charge in [0, 0.05) is 5.56 Å². The Labute approximate surface area is 145 Å². The summed E-state index contributed by atoms with van der Waals surface area (Å²) in [5, 5.41) is 15.2. The van der Waals surface area contributed by atoms with E-state index in [1.54, 1.807) is 0 Å². The Morgan fingerprint density at radius 3 is 2.27 bits per heavy atom. The number of aliphatic hydroxyl groups is 1. The Bertz CT molecular complexity index is 676. The number of benzene rings is 1. The van der Waals surface area contributed by atoms with E-state index < -0.39 is 5.60 Å². The van der Waals surface area contributed by atoms with Crippen LogP contribution in [0.25, 0.3) is 11.3 Å². The van der Waals surface area contributed by atoms with E-state index in [9.17, 15) is 5.11 Å². The summed E-state index contributed by atoms with van der Waals surface area (Å²) < 4.78 is 6.58. The molecule has 0 amide bonds. The molecule has 0 radical (unpaired) electrons. The molecular weight excluding hydrogens is 389 g/mol. The number of aryl methyl sites for hydroxylation is 3. The molecule has 1 fully saturated rings. The van der Waals surface area contributed by atoms with Gasteiger partial charge in [0.1, 0.15) is 11.3 Å². The van der Waals surface area contributed by atoms with Crippen molar-refractivity contribution in [1.29, 1.82) is 0 Å². The van der Waals surface area contributed by atoms with Crippen LogP contribution in [0.2, 0.25) is 0 Å². The van der Waals surface area contributed by atoms with Crippen LogP contribution in [0.5, 0.6) is 0 Å². The number of hydrogen-bond acceptors (Lipinski definition) is 3. The maximum atomic E-state index is 10.9. The second-order valence-corrected chi connectivity index (χ2v) is 7.62. The monoisotopic (exact) mass is 411 g/mol. The number of hydrogen-bond donors (Lipinski definition) is 1. The fourth-order valence-electron chi connectivity index (χ4n) is 3.64. The lowest BCUT2D eigenvalue weighted by atomic mass is 9.83. The van der Waals surface area contributed by atoms with Crippen LogP contribution in [-0.2, 0) is 5.60 Å². The van der Waals surface area contributed by atoms with Crippen molar-refractivity contribution in [3.05, 3.63) is 38.2 Å². The van der Waals surface area contributed by atoms with Crippen LogP contribution in [0.1, 0.15) is 54.6 Å². The van der Waals surface area contributed by atoms with Gasteiger partial charge in [0.15, 0.2) is 5.76 Å². The molecule has 0 unspecified atom stereocenters. The first-order valence-electron chi connectivity index (χ1n) is 7.88. The third-order valence-corrected chi connectivity index (χ3v) is 5.65. The summed E-state index contributed by atoms with van der Waals surface area (Å²) in [6, 6.07) is 4.34. The summed E-state index contributed by atoms with van der Waals surface area (Å²) in [5.74, 6) is 0.655. The van der Waals surface area contributed by atoms with Crippen LogP contribution in [-0.4, -0.2) is 10.3 Å². The van der Waals surface area contributed by atoms with Crippen LogP contribution in [0, 0.1) is 24.3 Å². The third kappa shape index (κ3) is 2.71. The first kappa shape index (κ1) is 16.0. The Balaban J connectivity index is 2.08. The van der Waals surface area contributed by atoms with E-state index >= 15 is 0 Å². The number of halogens is 1. The topological polar surface area (TPSA) is 46.3 Å². The van der Waals surface area contributed by atoms with E-state index in [1.807, 2.05) is 0 Å². The minimum atomic E-state index is -0.841. The number of rotatable bonds is 2. The maximum absolute atomic E-state index is 10.9. The van der Waals surface area contributed by atoms with Crippen LogP contribution in [0.4, 0.5) is 0 Å². The molecule has 0 saturated heterocycles. The van der Waals surface area contributed by atoms with Gasteiger partial charge in [-0.25, -0.2) is 0 Å². The second kappa shape index (κ2) is 5.96. The Morgan fingerprint density at radius 1 is 1.09 bits per heavy atom. The molecule has 1 aromatic carbocycles. The summed E-state index contributed by atoms with van der Waals surface area (Å²) in [6.45, 7) is 6.32. The highest BCUT2D eigenvalue weighted by molar-refractivity contribution is 14.1. The summed E-state index contributed by atoms with van der Waals surface area (Å²) in [6.07, 6.45) is 4.82. The fraction of sp³-hybridized carbons (Fsp3) is 0.500. The van der Waals surface area contributed by atoms with Gasteiger partial charge in [0.2, 0.25) is 0 Å². The molecule has 4 heteroatoms. The molecule has 0 spiro atoms. The quantitative estimate of drug-likeness (QED) is 0.706. The molecule has 22 heavy (non-hydrogen) atoms. The zero-order valence-corrected chi connectivity index (χ0v) is 15.5. The fourth-order valence-corrected chi connectivity index (χ4v) is 4.61. The Morgan fingerprint density at radius 2 is 1.68 bits per heavy atom. The smallest absolute Gasteiger partial charge is 0.182 e. The lowest BCUT2D eigenvalue weighted by Gasteiger charge is -2.29. The normalized spacial score (nSPS) is 17.7. The van der Waals surface area contributed by atoms with Crippen molar-refractivity contribution < 1.29 is 9.63 Å². The highest BCUT2D eigenvalue weighted by Crippen LogP contribution is 2.42. The largest absolute Gasteiger partial charge is 0.382 e. The van der Waals surface area contributed by atoms with Gasteiger partial charge < -0.3 is 9.63 Å². The molecular formula is C18H22INO2. The van der Waals surface area contributed by atoms with Gasteiger partial charge in [0.05, 0.1) is 3.57 Å². The van der Waals surface area contributed by atoms with Crippen molar-refractivity contribution >= 4 is 22.6 Å². The van der Waals surface area contributed by atoms with Gasteiger partial charge >= 0.3 is 0 Å². The first-order chi connectivity index (χ1) is 10.4. The molecule has 0 aliphatic heterocycles. The third-order valence-electron chi connectivity index (χ3n) is 4.65. The maximum Gasteiger partial charge on any atom is 0.182 e. The van der Waals surface area contributed by atoms with Crippen molar-refractivity contribution in [3.63, 3.8) is 0 Å². The van der Waals surface area contributed by atoms with Gasteiger partial charge in [-0.2, -0.15) is 0 Å². The van der Waals surface area contributed by atoms with E-state index in [2.05, 4.69) is 60.7 Å². The zero-order valence-electron chi connectivity index (χ0n) is 13.4. The van der Waals surface area contributed by atoms with Crippen LogP contribution >= 0.6 is 22.6 Å². The van der Waals surface area contributed by atoms with E-state index in [0.29, 0.717) is 5.76 Å². The van der Waals surface area contributed by atoms with Crippen molar-refractivity contribution in [2.75, 3.05) is 0 Å². The average Bonchev–Trinajstić information content (AvgIpc) is 2.81. The highest BCUT2D eigenvalue weighted by atomic mass is 127. The molecule has 1 heterocycles. The minimum Gasteiger partial charge on any atom is -0.382 e. The summed E-state index contributed by atoms with van der Waals surface area (Å²) in [7, 11) is 0. The molecule has 1 N–H and O–H groups in total. The Hall–Kier alpha value is -0.880. The van der Waals surface area contributed by atoms with Crippen molar-refractivity contribution in [1.82, 2.24) is 5.16 Å². The van der Waals surface area contributed by atoms with Gasteiger partial charge in [0.25, 0.3) is 0 Å². The zero-order chi connectivity index (χ0) is 15.9. The van der Waals surface area contributed by atoms with E-state index in [-0.39, 0.29) is 0 Å². The SMILES string of the molecule is Cc1cc(C)c(-c2noc(C3(O)CCCCC3)c2I)c(C)c1. The van der Waals surface area contributed by atoms with Crippen molar-refractivity contribution in [2.45, 2.75) is 58.5 Å². The number of nitrogens with zero attached hydrogens (tertiary/aromatic N) is 1. The van der Waals surface area contributed by atoms with Crippen LogP contribution in [0.15, 0.2) is 16.7 Å². The predicted molar refractivity (Wildman–Crippen MR) is 95.8 cm³/mol. The van der Waals surface area contributed by atoms with Gasteiger partial charge in [-0.15, -0.1) is 0 Å². The van der Waals surface area contributed by atoms with Crippen LogP contribution in [0.3, 0.4) is 0 Å². The van der Waals surface area contributed by atoms with Gasteiger partial charge in [-0.3, -0.25) is 0 Å². The van der Waals surface area contributed by atoms with E-state index in [0.717, 1.165) is 40.5 Å². The van der Waals surface area contributed by atoms with Crippen molar-refractivity contribution in [3.8, 4) is 11.3 Å². The van der Waals surface area contributed by atoms with Gasteiger partial charge in [-0.1, -0.05) is 42.1 Å². The molecule has 1 saturated carbocycles. The summed E-state index contributed by atoms with van der Waals surface area (Å²) in [4.78, 5) is 0. The predicted octanol–water partition coefficient (Wildman–Crippen LogP) is 5.02. The molecule has 1 aromatic heterocycles. The molecule has 0 atom stereocenters. The molecule has 2 aromatic rings. The van der Waals surface area contributed by atoms with Gasteiger partial charge in [-0.05, 0) is 67.3 Å². The van der Waals surface area contributed by atoms with E-state index in [4.69, 9.17) is 4.52 Å². The lowest BCUT2D eigenvalue weighted by Crippen LogP contribution is -2.28. The minimum absolute atomic E-state index is 0.655. The molecule has 1 aliphatic carbocycles. The first-order valence-corrected chi connectivity index (χ1v) is 8.96. The average molecular weight is 411 g/mol. The molecule has 1 aliphatic rings. The molecule has 3 rings (SSSR count). The summed E-state index contributed by atoms with van der Waals surface area (Å²) in [5.41, 5.74) is 4.81. The molecule has 3 nitrogen and oxygen atoms in total.